The molecule has 0 saturated carbocycles. The summed E-state index contributed by atoms with van der Waals surface area (Å²) in [7, 11) is 0. The first-order valence-electron chi connectivity index (χ1n) is 9.08. The molecule has 0 atom stereocenters. The van der Waals surface area contributed by atoms with E-state index in [0.29, 0.717) is 16.9 Å². The van der Waals surface area contributed by atoms with E-state index in [1.54, 1.807) is 0 Å². The Hall–Kier alpha value is -2.27. The number of amides is 1. The van der Waals surface area contributed by atoms with E-state index in [9.17, 15) is 4.79 Å². The molecule has 26 heavy (non-hydrogen) atoms. The number of fused-ring (bicyclic) bond motifs is 1. The van der Waals surface area contributed by atoms with Gasteiger partial charge in [0, 0.05) is 13.1 Å². The van der Waals surface area contributed by atoms with Crippen LogP contribution in [0.15, 0.2) is 64.2 Å². The summed E-state index contributed by atoms with van der Waals surface area (Å²) in [6.07, 6.45) is 3.27. The molecule has 0 unspecified atom stereocenters. The number of hydrogen-bond donors (Lipinski definition) is 0. The van der Waals surface area contributed by atoms with Crippen molar-refractivity contribution >= 4 is 28.8 Å². The highest BCUT2D eigenvalue weighted by molar-refractivity contribution is 7.99. The fraction of sp³-hybridized carbons (Fsp3) is 0.333. The maximum atomic E-state index is 12.5. The second-order valence-electron chi connectivity index (χ2n) is 6.75. The molecule has 0 radical (unpaired) electrons. The maximum absolute atomic E-state index is 12.5. The Kier molecular flexibility index (Phi) is 5.25. The van der Waals surface area contributed by atoms with Crippen LogP contribution in [0.5, 0.6) is 0 Å². The molecule has 0 N–H and O–H groups in total. The average molecular weight is 366 g/mol. The molecular weight excluding hydrogens is 344 g/mol. The highest BCUT2D eigenvalue weighted by atomic mass is 32.2. The molecule has 134 valence electrons. The quantitative estimate of drug-likeness (QED) is 0.628. The van der Waals surface area contributed by atoms with Crippen molar-refractivity contribution in [2.45, 2.75) is 24.5 Å². The minimum Gasteiger partial charge on any atom is -0.431 e. The maximum Gasteiger partial charge on any atom is 0.257 e. The molecule has 3 aromatic rings. The molecular formula is C21H22N2O2S. The zero-order valence-corrected chi connectivity index (χ0v) is 15.5. The summed E-state index contributed by atoms with van der Waals surface area (Å²) >= 11 is 1.38. The molecule has 1 amide bonds. The fourth-order valence-corrected chi connectivity index (χ4v) is 4.20. The number of para-hydroxylation sites is 2. The molecule has 5 heteroatoms. The van der Waals surface area contributed by atoms with Crippen LogP contribution in [0.4, 0.5) is 0 Å². The minimum absolute atomic E-state index is 0.176. The third-order valence-electron chi connectivity index (χ3n) is 4.93. The summed E-state index contributed by atoms with van der Waals surface area (Å²) in [4.78, 5) is 18.9. The van der Waals surface area contributed by atoms with Crippen molar-refractivity contribution in [1.82, 2.24) is 9.88 Å². The molecule has 2 aromatic carbocycles. The molecule has 1 aliphatic rings. The first-order chi connectivity index (χ1) is 12.8. The van der Waals surface area contributed by atoms with Crippen molar-refractivity contribution in [2.24, 2.45) is 5.92 Å². The third kappa shape index (κ3) is 4.10. The third-order valence-corrected chi connectivity index (χ3v) is 5.74. The van der Waals surface area contributed by atoms with Crippen LogP contribution >= 0.6 is 11.8 Å². The van der Waals surface area contributed by atoms with Crippen LogP contribution in [0.3, 0.4) is 0 Å². The number of hydrogen-bond acceptors (Lipinski definition) is 4. The van der Waals surface area contributed by atoms with E-state index >= 15 is 0 Å². The highest BCUT2D eigenvalue weighted by Gasteiger charge is 2.23. The van der Waals surface area contributed by atoms with Crippen molar-refractivity contribution in [1.29, 1.82) is 0 Å². The first kappa shape index (κ1) is 17.2. The smallest absolute Gasteiger partial charge is 0.257 e. The number of benzene rings is 2. The number of thioether (sulfide) groups is 1. The second-order valence-corrected chi connectivity index (χ2v) is 7.68. The van der Waals surface area contributed by atoms with Gasteiger partial charge in [0.15, 0.2) is 5.58 Å². The van der Waals surface area contributed by atoms with Crippen molar-refractivity contribution in [3.8, 4) is 0 Å². The number of carbonyl (C=O) groups excluding carboxylic acids is 1. The van der Waals surface area contributed by atoms with Crippen molar-refractivity contribution in [3.63, 3.8) is 0 Å². The van der Waals surface area contributed by atoms with Crippen LogP contribution in [-0.4, -0.2) is 34.6 Å². The molecule has 1 saturated heterocycles. The summed E-state index contributed by atoms with van der Waals surface area (Å²) < 4.78 is 5.67. The number of aromatic nitrogens is 1. The van der Waals surface area contributed by atoms with Gasteiger partial charge in [0.2, 0.25) is 5.91 Å². The van der Waals surface area contributed by atoms with Crippen LogP contribution in [0, 0.1) is 5.92 Å². The summed E-state index contributed by atoms with van der Waals surface area (Å²) in [5, 5.41) is 0.568. The molecule has 4 nitrogen and oxygen atoms in total. The fourth-order valence-electron chi connectivity index (χ4n) is 3.46. The highest BCUT2D eigenvalue weighted by Crippen LogP contribution is 2.25. The van der Waals surface area contributed by atoms with E-state index in [0.717, 1.165) is 43.5 Å². The molecule has 0 spiro atoms. The van der Waals surface area contributed by atoms with Crippen molar-refractivity contribution < 1.29 is 9.21 Å². The minimum atomic E-state index is 0.176. The van der Waals surface area contributed by atoms with Gasteiger partial charge < -0.3 is 9.32 Å². The summed E-state index contributed by atoms with van der Waals surface area (Å²) in [5.74, 6) is 1.23. The lowest BCUT2D eigenvalue weighted by Crippen LogP contribution is -2.39. The Labute approximate surface area is 157 Å². The zero-order chi connectivity index (χ0) is 17.8. The van der Waals surface area contributed by atoms with E-state index in [4.69, 9.17) is 4.42 Å². The van der Waals surface area contributed by atoms with Crippen LogP contribution in [0.25, 0.3) is 11.1 Å². The normalized spacial score (nSPS) is 15.5. The molecule has 1 fully saturated rings. The Bertz CT molecular complexity index is 837. The Morgan fingerprint density at radius 2 is 1.81 bits per heavy atom. The first-order valence-corrected chi connectivity index (χ1v) is 10.1. The van der Waals surface area contributed by atoms with E-state index in [1.807, 2.05) is 29.2 Å². The largest absolute Gasteiger partial charge is 0.431 e. The zero-order valence-electron chi connectivity index (χ0n) is 14.6. The van der Waals surface area contributed by atoms with E-state index < -0.39 is 0 Å². The van der Waals surface area contributed by atoms with Gasteiger partial charge >= 0.3 is 0 Å². The topological polar surface area (TPSA) is 46.3 Å². The molecule has 1 aromatic heterocycles. The van der Waals surface area contributed by atoms with Gasteiger partial charge in [-0.3, -0.25) is 4.79 Å². The lowest BCUT2D eigenvalue weighted by molar-refractivity contribution is -0.129. The average Bonchev–Trinajstić information content (AvgIpc) is 3.10. The molecule has 4 rings (SSSR count). The van der Waals surface area contributed by atoms with Gasteiger partial charge in [-0.1, -0.05) is 54.2 Å². The van der Waals surface area contributed by atoms with Crippen LogP contribution in [-0.2, 0) is 11.2 Å². The monoisotopic (exact) mass is 366 g/mol. The number of nitrogens with zero attached hydrogens (tertiary/aromatic N) is 2. The van der Waals surface area contributed by atoms with Gasteiger partial charge in [0.05, 0.1) is 5.75 Å². The van der Waals surface area contributed by atoms with Gasteiger partial charge in [0.25, 0.3) is 5.22 Å². The van der Waals surface area contributed by atoms with Crippen molar-refractivity contribution in [2.75, 3.05) is 18.8 Å². The number of rotatable bonds is 5. The summed E-state index contributed by atoms with van der Waals surface area (Å²) in [6.45, 7) is 1.70. The lowest BCUT2D eigenvalue weighted by atomic mass is 9.90. The Balaban J connectivity index is 1.25. The SMILES string of the molecule is O=C(CSc1nc2ccccc2o1)N1CCC(Cc2ccccc2)CC1. The van der Waals surface area contributed by atoms with Gasteiger partial charge in [-0.25, -0.2) is 4.98 Å². The van der Waals surface area contributed by atoms with Gasteiger partial charge in [-0.05, 0) is 42.9 Å². The van der Waals surface area contributed by atoms with Gasteiger partial charge in [-0.2, -0.15) is 0 Å². The summed E-state index contributed by atoms with van der Waals surface area (Å²) in [6, 6.07) is 18.3. The van der Waals surface area contributed by atoms with Crippen LogP contribution in [0.2, 0.25) is 0 Å². The molecule has 0 bridgehead atoms. The predicted octanol–water partition coefficient (Wildman–Crippen LogP) is 4.40. The Morgan fingerprint density at radius 3 is 2.58 bits per heavy atom. The molecule has 0 aliphatic carbocycles. The molecule has 2 heterocycles. The van der Waals surface area contributed by atoms with Crippen LogP contribution < -0.4 is 0 Å². The Morgan fingerprint density at radius 1 is 1.08 bits per heavy atom. The molecule has 1 aliphatic heterocycles. The standard InChI is InChI=1S/C21H22N2O2S/c24-20(15-26-21-22-18-8-4-5-9-19(18)25-21)23-12-10-17(11-13-23)14-16-6-2-1-3-7-16/h1-9,17H,10-15H2. The summed E-state index contributed by atoms with van der Waals surface area (Å²) in [5.41, 5.74) is 3.00. The van der Waals surface area contributed by atoms with Crippen molar-refractivity contribution in [3.05, 3.63) is 60.2 Å². The lowest BCUT2D eigenvalue weighted by Gasteiger charge is -2.32. The van der Waals surface area contributed by atoms with E-state index in [1.165, 1.54) is 17.3 Å². The number of piperidine rings is 1. The van der Waals surface area contributed by atoms with Gasteiger partial charge in [0.1, 0.15) is 5.52 Å². The van der Waals surface area contributed by atoms with Crippen LogP contribution in [0.1, 0.15) is 18.4 Å². The van der Waals surface area contributed by atoms with Gasteiger partial charge in [-0.15, -0.1) is 0 Å². The second kappa shape index (κ2) is 7.96. The van der Waals surface area contributed by atoms with E-state index in [2.05, 4.69) is 35.3 Å². The van der Waals surface area contributed by atoms with E-state index in [-0.39, 0.29) is 5.91 Å². The number of likely N-dealkylation sites (tertiary alicyclic amines) is 1. The predicted molar refractivity (Wildman–Crippen MR) is 104 cm³/mol. The number of oxazole rings is 1. The number of carbonyl (C=O) groups is 1.